The van der Waals surface area contributed by atoms with E-state index < -0.39 is 0 Å². The summed E-state index contributed by atoms with van der Waals surface area (Å²) in [6, 6.07) is 44.6. The minimum atomic E-state index is -0.0987. The van der Waals surface area contributed by atoms with Crippen LogP contribution >= 0.6 is 45.3 Å². The van der Waals surface area contributed by atoms with Gasteiger partial charge in [0, 0.05) is 62.5 Å². The molecule has 0 bridgehead atoms. The zero-order valence-electron chi connectivity index (χ0n) is 26.6. The Morgan fingerprint density at radius 2 is 1.08 bits per heavy atom. The van der Waals surface area contributed by atoms with Crippen molar-refractivity contribution in [2.24, 2.45) is 0 Å². The second-order valence-electron chi connectivity index (χ2n) is 12.8. The van der Waals surface area contributed by atoms with Crippen LogP contribution < -0.4 is 9.64 Å². The van der Waals surface area contributed by atoms with Gasteiger partial charge in [-0.05, 0) is 98.7 Å². The molecule has 9 aromatic rings. The number of rotatable bonds is 5. The number of thiophene rings is 4. The lowest BCUT2D eigenvalue weighted by atomic mass is 9.85. The van der Waals surface area contributed by atoms with E-state index >= 15 is 0 Å². The summed E-state index contributed by atoms with van der Waals surface area (Å²) in [5.74, 6) is 1.17. The fourth-order valence-electron chi connectivity index (χ4n) is 7.70. The molecule has 4 aromatic heterocycles. The summed E-state index contributed by atoms with van der Waals surface area (Å²) in [5.41, 5.74) is 7.15. The first-order chi connectivity index (χ1) is 24.7. The SMILES string of the molecule is C1=CC2c3c(c4ccccc4c4ccccc34)OC2C=C1N(c1ccc(-c2cc3sccc3s2)cc1)c1ccc(-c2cc3sccc3s2)cc1. The monoisotopic (exact) mass is 713 g/mol. The summed E-state index contributed by atoms with van der Waals surface area (Å²) in [6.07, 6.45) is 6.89. The largest absolute Gasteiger partial charge is 0.484 e. The molecule has 1 aliphatic heterocycles. The van der Waals surface area contributed by atoms with Crippen molar-refractivity contribution < 1.29 is 4.74 Å². The predicted molar refractivity (Wildman–Crippen MR) is 218 cm³/mol. The normalized spacial score (nSPS) is 16.6. The summed E-state index contributed by atoms with van der Waals surface area (Å²) >= 11 is 7.34. The molecule has 0 spiro atoms. The number of fused-ring (bicyclic) bond motifs is 10. The summed E-state index contributed by atoms with van der Waals surface area (Å²) in [6.45, 7) is 0. The molecule has 50 heavy (non-hydrogen) atoms. The van der Waals surface area contributed by atoms with Gasteiger partial charge < -0.3 is 9.64 Å². The smallest absolute Gasteiger partial charge is 0.132 e. The minimum Gasteiger partial charge on any atom is -0.484 e. The molecule has 0 saturated heterocycles. The summed E-state index contributed by atoms with van der Waals surface area (Å²) in [5, 5.41) is 9.33. The molecule has 5 aromatic carbocycles. The Kier molecular flexibility index (Phi) is 6.50. The fourth-order valence-corrected chi connectivity index (χ4v) is 11.9. The molecular formula is C44H27NOS4. The highest BCUT2D eigenvalue weighted by molar-refractivity contribution is 7.29. The zero-order valence-corrected chi connectivity index (χ0v) is 29.8. The van der Waals surface area contributed by atoms with E-state index in [0.717, 1.165) is 22.8 Å². The maximum Gasteiger partial charge on any atom is 0.132 e. The number of anilines is 2. The molecule has 238 valence electrons. The van der Waals surface area contributed by atoms with Crippen LogP contribution in [0, 0.1) is 0 Å². The van der Waals surface area contributed by atoms with E-state index in [1.807, 2.05) is 45.3 Å². The molecule has 11 rings (SSSR count). The first-order valence-corrected chi connectivity index (χ1v) is 20.1. The Balaban J connectivity index is 1.00. The molecule has 6 heteroatoms. The van der Waals surface area contributed by atoms with Crippen LogP contribution in [0.3, 0.4) is 0 Å². The van der Waals surface area contributed by atoms with Crippen molar-refractivity contribution in [2.45, 2.75) is 12.0 Å². The van der Waals surface area contributed by atoms with Gasteiger partial charge in [0.2, 0.25) is 0 Å². The molecule has 0 saturated carbocycles. The lowest BCUT2D eigenvalue weighted by molar-refractivity contribution is 0.270. The highest BCUT2D eigenvalue weighted by Gasteiger charge is 2.37. The number of hydrogen-bond acceptors (Lipinski definition) is 6. The minimum absolute atomic E-state index is 0.0987. The predicted octanol–water partition coefficient (Wildman–Crippen LogP) is 14.0. The molecule has 0 N–H and O–H groups in total. The van der Waals surface area contributed by atoms with Crippen molar-refractivity contribution in [3.05, 3.63) is 162 Å². The number of allylic oxidation sites excluding steroid dienone is 1. The van der Waals surface area contributed by atoms with Gasteiger partial charge in [0.15, 0.2) is 0 Å². The van der Waals surface area contributed by atoms with Crippen molar-refractivity contribution in [3.8, 4) is 26.6 Å². The Labute approximate surface area is 305 Å². The number of nitrogens with zero attached hydrogens (tertiary/aromatic N) is 1. The van der Waals surface area contributed by atoms with E-state index in [9.17, 15) is 0 Å². The fraction of sp³-hybridized carbons (Fsp3) is 0.0455. The molecule has 5 heterocycles. The molecule has 0 radical (unpaired) electrons. The van der Waals surface area contributed by atoms with E-state index in [1.54, 1.807) is 0 Å². The molecule has 2 atom stereocenters. The Morgan fingerprint density at radius 3 is 1.66 bits per heavy atom. The van der Waals surface area contributed by atoms with Crippen molar-refractivity contribution in [3.63, 3.8) is 0 Å². The second-order valence-corrected chi connectivity index (χ2v) is 16.9. The van der Waals surface area contributed by atoms with Crippen molar-refractivity contribution in [1.29, 1.82) is 0 Å². The summed E-state index contributed by atoms with van der Waals surface area (Å²) in [7, 11) is 0. The summed E-state index contributed by atoms with van der Waals surface area (Å²) < 4.78 is 12.3. The molecule has 0 fully saturated rings. The van der Waals surface area contributed by atoms with Gasteiger partial charge in [0.05, 0.1) is 0 Å². The maximum atomic E-state index is 6.93. The highest BCUT2D eigenvalue weighted by Crippen LogP contribution is 2.51. The van der Waals surface area contributed by atoms with Crippen LogP contribution in [-0.4, -0.2) is 6.10 Å². The molecule has 0 amide bonds. The lowest BCUT2D eigenvalue weighted by Crippen LogP contribution is -2.24. The molecule has 2 unspecified atom stereocenters. The van der Waals surface area contributed by atoms with Gasteiger partial charge in [-0.25, -0.2) is 0 Å². The number of hydrogen-bond donors (Lipinski definition) is 0. The number of benzene rings is 5. The van der Waals surface area contributed by atoms with Crippen molar-refractivity contribution in [2.75, 3.05) is 4.90 Å². The third-order valence-electron chi connectivity index (χ3n) is 10.0. The van der Waals surface area contributed by atoms with Gasteiger partial charge in [-0.3, -0.25) is 0 Å². The Morgan fingerprint density at radius 1 is 0.540 bits per heavy atom. The average molecular weight is 714 g/mol. The van der Waals surface area contributed by atoms with Gasteiger partial charge in [-0.15, -0.1) is 45.3 Å². The van der Waals surface area contributed by atoms with Gasteiger partial charge >= 0.3 is 0 Å². The third-order valence-corrected chi connectivity index (χ3v) is 14.3. The van der Waals surface area contributed by atoms with Crippen LogP contribution in [0.15, 0.2) is 156 Å². The highest BCUT2D eigenvalue weighted by atomic mass is 32.1. The first kappa shape index (κ1) is 28.8. The summed E-state index contributed by atoms with van der Waals surface area (Å²) in [4.78, 5) is 4.99. The van der Waals surface area contributed by atoms with Crippen LogP contribution in [0.5, 0.6) is 5.75 Å². The van der Waals surface area contributed by atoms with E-state index in [0.29, 0.717) is 0 Å². The van der Waals surface area contributed by atoms with Gasteiger partial charge in [-0.1, -0.05) is 78.9 Å². The van der Waals surface area contributed by atoms with E-state index in [4.69, 9.17) is 4.74 Å². The molecule has 1 aliphatic carbocycles. The van der Waals surface area contributed by atoms with Crippen molar-refractivity contribution in [1.82, 2.24) is 0 Å². The number of ether oxygens (including phenoxy) is 1. The lowest BCUT2D eigenvalue weighted by Gasteiger charge is -2.30. The van der Waals surface area contributed by atoms with Crippen molar-refractivity contribution >= 4 is 97.1 Å². The maximum absolute atomic E-state index is 6.93. The van der Waals surface area contributed by atoms with Crippen LogP contribution in [0.4, 0.5) is 11.4 Å². The third kappa shape index (κ3) is 4.49. The Hall–Kier alpha value is -4.98. The van der Waals surface area contributed by atoms with Crippen LogP contribution in [-0.2, 0) is 0 Å². The second kappa shape index (κ2) is 11.3. The van der Waals surface area contributed by atoms with Gasteiger partial charge in [0.1, 0.15) is 11.9 Å². The zero-order chi connectivity index (χ0) is 32.8. The molecule has 2 nitrogen and oxygen atoms in total. The molecule has 2 aliphatic rings. The van der Waals surface area contributed by atoms with Gasteiger partial charge in [-0.2, -0.15) is 0 Å². The Bertz CT molecular complexity index is 2640. The topological polar surface area (TPSA) is 12.5 Å². The molecular weight excluding hydrogens is 687 g/mol. The van der Waals surface area contributed by atoms with E-state index in [-0.39, 0.29) is 12.0 Å². The van der Waals surface area contributed by atoms with Crippen LogP contribution in [0.2, 0.25) is 0 Å². The van der Waals surface area contributed by atoms with Crippen LogP contribution in [0.25, 0.3) is 61.2 Å². The van der Waals surface area contributed by atoms with Gasteiger partial charge in [0.25, 0.3) is 0 Å². The quantitative estimate of drug-likeness (QED) is 0.165. The first-order valence-electron chi connectivity index (χ1n) is 16.7. The van der Waals surface area contributed by atoms with E-state index in [1.165, 1.54) is 66.8 Å². The average Bonchev–Trinajstić information content (AvgIpc) is 3.99. The van der Waals surface area contributed by atoms with E-state index in [2.05, 4.69) is 155 Å². The standard InChI is InChI=1S/C44H27NOS4/c1-3-7-33-31(5-1)32-6-2-4-8-34(32)44-43(33)35-18-17-30(23-36(35)46-44)45(28-13-9-26(10-14-28)39-24-41-37(49-39)19-21-47-41)29-15-11-27(12-16-29)40-25-42-38(50-40)20-22-48-42/h1-25,35-36H. The van der Waals surface area contributed by atoms with Crippen LogP contribution in [0.1, 0.15) is 11.5 Å².